The van der Waals surface area contributed by atoms with Crippen LogP contribution in [0.4, 0.5) is 0 Å². The fourth-order valence-electron chi connectivity index (χ4n) is 4.35. The van der Waals surface area contributed by atoms with Crippen LogP contribution in [0.5, 0.6) is 0 Å². The van der Waals surface area contributed by atoms with Gasteiger partial charge in [-0.3, -0.25) is 9.69 Å². The lowest BCUT2D eigenvalue weighted by molar-refractivity contribution is -0.137. The van der Waals surface area contributed by atoms with Crippen molar-refractivity contribution in [1.82, 2.24) is 9.80 Å². The van der Waals surface area contributed by atoms with Crippen molar-refractivity contribution in [3.05, 3.63) is 35.4 Å². The first kappa shape index (κ1) is 19.4. The largest absolute Gasteiger partial charge is 0.390 e. The number of aliphatic hydroxyl groups is 1. The van der Waals surface area contributed by atoms with Gasteiger partial charge in [0.1, 0.15) is 0 Å². The van der Waals surface area contributed by atoms with Crippen LogP contribution in [0.2, 0.25) is 0 Å². The third kappa shape index (κ3) is 5.08. The van der Waals surface area contributed by atoms with E-state index in [1.165, 1.54) is 24.0 Å². The van der Waals surface area contributed by atoms with Gasteiger partial charge in [-0.25, -0.2) is 0 Å². The molecule has 2 heterocycles. The lowest BCUT2D eigenvalue weighted by Crippen LogP contribution is -2.50. The second kappa shape index (κ2) is 7.69. The molecule has 2 aliphatic heterocycles. The van der Waals surface area contributed by atoms with Crippen molar-refractivity contribution in [1.29, 1.82) is 0 Å². The number of carbonyl (C=O) groups excluding carboxylic acids is 1. The molecule has 26 heavy (non-hydrogen) atoms. The van der Waals surface area contributed by atoms with Crippen LogP contribution in [0.15, 0.2) is 24.3 Å². The Balaban J connectivity index is 1.48. The number of hydrogen-bond donors (Lipinski definition) is 1. The second-order valence-corrected chi connectivity index (χ2v) is 9.15. The summed E-state index contributed by atoms with van der Waals surface area (Å²) in [7, 11) is 1.95. The molecule has 144 valence electrons. The van der Waals surface area contributed by atoms with E-state index in [0.29, 0.717) is 11.3 Å². The molecule has 1 N–H and O–H groups in total. The molecule has 1 amide bonds. The van der Waals surface area contributed by atoms with E-state index in [-0.39, 0.29) is 0 Å². The lowest BCUT2D eigenvalue weighted by Gasteiger charge is -2.46. The Morgan fingerprint density at radius 1 is 1.08 bits per heavy atom. The van der Waals surface area contributed by atoms with Gasteiger partial charge in [0.25, 0.3) is 0 Å². The molecule has 2 aliphatic rings. The van der Waals surface area contributed by atoms with Crippen molar-refractivity contribution in [2.24, 2.45) is 5.41 Å². The summed E-state index contributed by atoms with van der Waals surface area (Å²) in [6.45, 7) is 7.94. The number of carbonyl (C=O) groups is 1. The van der Waals surface area contributed by atoms with E-state index in [1.54, 1.807) is 0 Å². The first-order valence-electron chi connectivity index (χ1n) is 10.0. The molecule has 0 atom stereocenters. The molecule has 3 rings (SSSR count). The number of piperidine rings is 2. The fourth-order valence-corrected chi connectivity index (χ4v) is 4.35. The highest BCUT2D eigenvalue weighted by Crippen LogP contribution is 2.40. The van der Waals surface area contributed by atoms with Gasteiger partial charge in [0.05, 0.1) is 5.60 Å². The van der Waals surface area contributed by atoms with Crippen molar-refractivity contribution >= 4 is 5.91 Å². The van der Waals surface area contributed by atoms with Crippen molar-refractivity contribution in [2.45, 2.75) is 64.5 Å². The van der Waals surface area contributed by atoms with Gasteiger partial charge < -0.3 is 10.0 Å². The molecule has 0 saturated carbocycles. The third-order valence-electron chi connectivity index (χ3n) is 6.24. The topological polar surface area (TPSA) is 43.8 Å². The summed E-state index contributed by atoms with van der Waals surface area (Å²) in [6, 6.07) is 8.87. The third-order valence-corrected chi connectivity index (χ3v) is 6.24. The molecule has 2 fully saturated rings. The van der Waals surface area contributed by atoms with Gasteiger partial charge in [-0.05, 0) is 75.6 Å². The first-order chi connectivity index (χ1) is 12.2. The second-order valence-electron chi connectivity index (χ2n) is 9.15. The normalized spacial score (nSPS) is 21.4. The molecule has 0 aliphatic carbocycles. The van der Waals surface area contributed by atoms with Crippen LogP contribution in [0, 0.1) is 5.41 Å². The predicted octanol–water partition coefficient (Wildman–Crippen LogP) is 3.22. The fraction of sp³-hybridized carbons (Fsp3) is 0.682. The maximum Gasteiger partial charge on any atom is 0.222 e. The molecular weight excluding hydrogens is 324 g/mol. The molecule has 0 bridgehead atoms. The van der Waals surface area contributed by atoms with E-state index >= 15 is 0 Å². The Labute approximate surface area is 158 Å². The van der Waals surface area contributed by atoms with Gasteiger partial charge in [-0.1, -0.05) is 24.3 Å². The zero-order chi connectivity index (χ0) is 18.8. The molecule has 4 heteroatoms. The van der Waals surface area contributed by atoms with E-state index in [4.69, 9.17) is 0 Å². The van der Waals surface area contributed by atoms with E-state index < -0.39 is 5.60 Å². The number of amides is 1. The highest BCUT2D eigenvalue weighted by molar-refractivity contribution is 5.76. The van der Waals surface area contributed by atoms with Gasteiger partial charge in [-0.15, -0.1) is 0 Å². The van der Waals surface area contributed by atoms with Gasteiger partial charge in [0.2, 0.25) is 5.91 Å². The van der Waals surface area contributed by atoms with E-state index in [9.17, 15) is 9.90 Å². The number of hydrogen-bond acceptors (Lipinski definition) is 3. The maximum atomic E-state index is 11.8. The Kier molecular flexibility index (Phi) is 5.73. The Morgan fingerprint density at radius 2 is 1.69 bits per heavy atom. The average molecular weight is 359 g/mol. The summed E-state index contributed by atoms with van der Waals surface area (Å²) >= 11 is 0. The summed E-state index contributed by atoms with van der Waals surface area (Å²) in [5.74, 6) is 0.308. The van der Waals surface area contributed by atoms with Gasteiger partial charge in [-0.2, -0.15) is 0 Å². The zero-order valence-corrected chi connectivity index (χ0v) is 16.6. The quantitative estimate of drug-likeness (QED) is 0.879. The maximum absolute atomic E-state index is 11.8. The van der Waals surface area contributed by atoms with Crippen molar-refractivity contribution in [2.75, 3.05) is 26.7 Å². The van der Waals surface area contributed by atoms with E-state index in [0.717, 1.165) is 51.9 Å². The average Bonchev–Trinajstić information content (AvgIpc) is 2.60. The van der Waals surface area contributed by atoms with Crippen LogP contribution in [-0.4, -0.2) is 53.1 Å². The zero-order valence-electron chi connectivity index (χ0n) is 16.6. The number of nitrogens with zero attached hydrogens (tertiary/aromatic N) is 2. The SMILES string of the molecule is CN1CC2(CCC1=O)CCN(Cc1ccc(CCC(C)(C)O)cc1)CC2. The summed E-state index contributed by atoms with van der Waals surface area (Å²) in [5.41, 5.74) is 2.42. The van der Waals surface area contributed by atoms with E-state index in [2.05, 4.69) is 29.2 Å². The Bertz CT molecular complexity index is 610. The van der Waals surface area contributed by atoms with Crippen LogP contribution in [0.3, 0.4) is 0 Å². The smallest absolute Gasteiger partial charge is 0.222 e. The highest BCUT2D eigenvalue weighted by Gasteiger charge is 2.39. The Hall–Kier alpha value is -1.39. The van der Waals surface area contributed by atoms with Crippen molar-refractivity contribution in [3.8, 4) is 0 Å². The van der Waals surface area contributed by atoms with Crippen LogP contribution < -0.4 is 0 Å². The van der Waals surface area contributed by atoms with E-state index in [1.807, 2.05) is 25.8 Å². The van der Waals surface area contributed by atoms with Crippen LogP contribution >= 0.6 is 0 Å². The van der Waals surface area contributed by atoms with Gasteiger partial charge in [0, 0.05) is 26.6 Å². The molecule has 0 radical (unpaired) electrons. The summed E-state index contributed by atoms with van der Waals surface area (Å²) in [6.07, 6.45) is 5.91. The Morgan fingerprint density at radius 3 is 2.27 bits per heavy atom. The molecule has 1 aromatic carbocycles. The molecule has 1 spiro atoms. The number of benzene rings is 1. The summed E-state index contributed by atoms with van der Waals surface area (Å²) < 4.78 is 0. The first-order valence-corrected chi connectivity index (χ1v) is 10.0. The molecular formula is C22H34N2O2. The molecule has 4 nitrogen and oxygen atoms in total. The molecule has 1 aromatic rings. The highest BCUT2D eigenvalue weighted by atomic mass is 16.3. The number of aryl methyl sites for hydroxylation is 1. The number of rotatable bonds is 5. The van der Waals surface area contributed by atoms with Gasteiger partial charge in [0.15, 0.2) is 0 Å². The van der Waals surface area contributed by atoms with Crippen LogP contribution in [-0.2, 0) is 17.8 Å². The van der Waals surface area contributed by atoms with Crippen LogP contribution in [0.25, 0.3) is 0 Å². The molecule has 0 aromatic heterocycles. The summed E-state index contributed by atoms with van der Waals surface area (Å²) in [4.78, 5) is 16.2. The van der Waals surface area contributed by atoms with Gasteiger partial charge >= 0.3 is 0 Å². The van der Waals surface area contributed by atoms with Crippen molar-refractivity contribution < 1.29 is 9.90 Å². The number of likely N-dealkylation sites (tertiary alicyclic amines) is 2. The van der Waals surface area contributed by atoms with Crippen LogP contribution in [0.1, 0.15) is 57.1 Å². The summed E-state index contributed by atoms with van der Waals surface area (Å²) in [5, 5.41) is 9.86. The minimum atomic E-state index is -0.597. The predicted molar refractivity (Wildman–Crippen MR) is 105 cm³/mol. The molecule has 0 unspecified atom stereocenters. The minimum absolute atomic E-state index is 0.308. The minimum Gasteiger partial charge on any atom is -0.390 e. The lowest BCUT2D eigenvalue weighted by atomic mass is 9.72. The standard InChI is InChI=1S/C22H34N2O2/c1-21(2,26)10-8-18-4-6-19(7-5-18)16-24-14-12-22(13-15-24)11-9-20(25)23(3)17-22/h4-7,26H,8-17H2,1-3H3. The monoisotopic (exact) mass is 358 g/mol. The molecule has 2 saturated heterocycles. The van der Waals surface area contributed by atoms with Crippen molar-refractivity contribution in [3.63, 3.8) is 0 Å².